The molecule has 1 fully saturated rings. The van der Waals surface area contributed by atoms with E-state index in [0.717, 1.165) is 31.9 Å². The molecule has 1 saturated heterocycles. The van der Waals surface area contributed by atoms with Gasteiger partial charge in [-0.3, -0.25) is 4.90 Å². The number of nitrogens with zero attached hydrogens (tertiary/aromatic N) is 5. The highest BCUT2D eigenvalue weighted by molar-refractivity contribution is 5.85. The van der Waals surface area contributed by atoms with Crippen LogP contribution in [0.1, 0.15) is 31.4 Å². The fraction of sp³-hybridized carbons (Fsp3) is 0.500. The van der Waals surface area contributed by atoms with Crippen molar-refractivity contribution in [1.29, 1.82) is 0 Å². The van der Waals surface area contributed by atoms with E-state index in [2.05, 4.69) is 57.4 Å². The SMILES string of the molecule is C=CCN(CC1CCCNC1)C(C)c1cccc(-n2cnnn2)c1.Cl. The number of benzene rings is 1. The van der Waals surface area contributed by atoms with Crippen molar-refractivity contribution in [2.75, 3.05) is 26.2 Å². The summed E-state index contributed by atoms with van der Waals surface area (Å²) in [7, 11) is 0. The second-order valence-corrected chi connectivity index (χ2v) is 6.48. The fourth-order valence-corrected chi connectivity index (χ4v) is 3.39. The van der Waals surface area contributed by atoms with Crippen LogP contribution in [0.25, 0.3) is 5.69 Å². The zero-order chi connectivity index (χ0) is 16.8. The molecule has 0 saturated carbocycles. The molecule has 6 nitrogen and oxygen atoms in total. The van der Waals surface area contributed by atoms with Crippen LogP contribution < -0.4 is 5.32 Å². The highest BCUT2D eigenvalue weighted by Gasteiger charge is 2.21. The largest absolute Gasteiger partial charge is 0.316 e. The van der Waals surface area contributed by atoms with E-state index in [1.165, 1.54) is 18.4 Å². The summed E-state index contributed by atoms with van der Waals surface area (Å²) in [5.74, 6) is 0.712. The molecule has 25 heavy (non-hydrogen) atoms. The molecule has 0 bridgehead atoms. The predicted molar refractivity (Wildman–Crippen MR) is 102 cm³/mol. The first kappa shape index (κ1) is 19.6. The van der Waals surface area contributed by atoms with Gasteiger partial charge in [-0.05, 0) is 66.9 Å². The van der Waals surface area contributed by atoms with Crippen LogP contribution in [0, 0.1) is 5.92 Å². The van der Waals surface area contributed by atoms with Gasteiger partial charge in [-0.15, -0.1) is 24.1 Å². The van der Waals surface area contributed by atoms with Gasteiger partial charge in [0.25, 0.3) is 0 Å². The molecule has 0 aliphatic carbocycles. The Morgan fingerprint density at radius 2 is 2.36 bits per heavy atom. The lowest BCUT2D eigenvalue weighted by molar-refractivity contribution is 0.179. The number of hydrogen-bond donors (Lipinski definition) is 1. The molecule has 7 heteroatoms. The highest BCUT2D eigenvalue weighted by Crippen LogP contribution is 2.24. The summed E-state index contributed by atoms with van der Waals surface area (Å²) in [5, 5.41) is 14.9. The second-order valence-electron chi connectivity index (χ2n) is 6.48. The van der Waals surface area contributed by atoms with Crippen molar-refractivity contribution in [3.05, 3.63) is 48.8 Å². The Morgan fingerprint density at radius 1 is 1.48 bits per heavy atom. The summed E-state index contributed by atoms with van der Waals surface area (Å²) in [6.07, 6.45) is 6.20. The first-order valence-electron chi connectivity index (χ1n) is 8.67. The van der Waals surface area contributed by atoms with E-state index in [1.54, 1.807) is 11.0 Å². The summed E-state index contributed by atoms with van der Waals surface area (Å²) >= 11 is 0. The van der Waals surface area contributed by atoms with Crippen molar-refractivity contribution in [3.8, 4) is 5.69 Å². The summed E-state index contributed by atoms with van der Waals surface area (Å²) < 4.78 is 1.69. The zero-order valence-corrected chi connectivity index (χ0v) is 15.5. The maximum atomic E-state index is 3.98. The van der Waals surface area contributed by atoms with Crippen molar-refractivity contribution < 1.29 is 0 Å². The van der Waals surface area contributed by atoms with E-state index in [9.17, 15) is 0 Å². The molecule has 1 aliphatic rings. The van der Waals surface area contributed by atoms with Crippen LogP contribution >= 0.6 is 12.4 Å². The van der Waals surface area contributed by atoms with Crippen LogP contribution in [-0.2, 0) is 0 Å². The van der Waals surface area contributed by atoms with Gasteiger partial charge in [-0.1, -0.05) is 18.2 Å². The number of aromatic nitrogens is 4. The third-order valence-corrected chi connectivity index (χ3v) is 4.77. The number of halogens is 1. The predicted octanol–water partition coefficient (Wildman–Crippen LogP) is 2.63. The molecule has 2 heterocycles. The summed E-state index contributed by atoms with van der Waals surface area (Å²) in [6, 6.07) is 8.75. The molecule has 3 rings (SSSR count). The molecule has 2 aromatic rings. The lowest BCUT2D eigenvalue weighted by atomic mass is 9.97. The molecule has 2 atom stereocenters. The minimum Gasteiger partial charge on any atom is -0.316 e. The monoisotopic (exact) mass is 362 g/mol. The third-order valence-electron chi connectivity index (χ3n) is 4.77. The highest BCUT2D eigenvalue weighted by atomic mass is 35.5. The average molecular weight is 363 g/mol. The Morgan fingerprint density at radius 3 is 3.04 bits per heavy atom. The standard InChI is InChI=1S/C18H26N6.ClH/c1-3-10-23(13-16-6-5-9-19-12-16)15(2)17-7-4-8-18(11-17)24-14-20-21-22-24;/h3-4,7-8,11,14-16,19H,1,5-6,9-10,12-13H2,2H3;1H. The molecule has 1 N–H and O–H groups in total. The van der Waals surface area contributed by atoms with E-state index < -0.39 is 0 Å². The number of tetrazole rings is 1. The molecule has 1 aromatic carbocycles. The zero-order valence-electron chi connectivity index (χ0n) is 14.7. The molecule has 0 amide bonds. The van der Waals surface area contributed by atoms with Crippen molar-refractivity contribution in [1.82, 2.24) is 30.4 Å². The van der Waals surface area contributed by atoms with Crippen molar-refractivity contribution in [3.63, 3.8) is 0 Å². The van der Waals surface area contributed by atoms with Gasteiger partial charge in [-0.25, -0.2) is 4.68 Å². The normalized spacial score (nSPS) is 18.6. The van der Waals surface area contributed by atoms with Crippen LogP contribution in [0.2, 0.25) is 0 Å². The number of nitrogens with one attached hydrogen (secondary N) is 1. The van der Waals surface area contributed by atoms with E-state index in [0.29, 0.717) is 12.0 Å². The lowest BCUT2D eigenvalue weighted by Crippen LogP contribution is -2.39. The molecule has 0 radical (unpaired) electrons. The third kappa shape index (κ3) is 5.11. The van der Waals surface area contributed by atoms with Gasteiger partial charge in [0, 0.05) is 19.1 Å². The minimum absolute atomic E-state index is 0. The van der Waals surface area contributed by atoms with Gasteiger partial charge < -0.3 is 5.32 Å². The van der Waals surface area contributed by atoms with Crippen molar-refractivity contribution in [2.24, 2.45) is 5.92 Å². The van der Waals surface area contributed by atoms with Crippen LogP contribution in [-0.4, -0.2) is 51.3 Å². The van der Waals surface area contributed by atoms with Crippen LogP contribution in [0.15, 0.2) is 43.2 Å². The van der Waals surface area contributed by atoms with Gasteiger partial charge in [-0.2, -0.15) is 0 Å². The van der Waals surface area contributed by atoms with Crippen LogP contribution in [0.5, 0.6) is 0 Å². The van der Waals surface area contributed by atoms with Gasteiger partial charge >= 0.3 is 0 Å². The van der Waals surface area contributed by atoms with E-state index in [4.69, 9.17) is 0 Å². The van der Waals surface area contributed by atoms with Crippen molar-refractivity contribution >= 4 is 12.4 Å². The summed E-state index contributed by atoms with van der Waals surface area (Å²) in [5.41, 5.74) is 2.26. The average Bonchev–Trinajstić information content (AvgIpc) is 3.16. The van der Waals surface area contributed by atoms with E-state index >= 15 is 0 Å². The summed E-state index contributed by atoms with van der Waals surface area (Å²) in [4.78, 5) is 2.50. The van der Waals surface area contributed by atoms with E-state index in [1.807, 2.05) is 12.1 Å². The number of piperidine rings is 1. The van der Waals surface area contributed by atoms with Gasteiger partial charge in [0.1, 0.15) is 6.33 Å². The fourth-order valence-electron chi connectivity index (χ4n) is 3.39. The van der Waals surface area contributed by atoms with Crippen molar-refractivity contribution in [2.45, 2.75) is 25.8 Å². The topological polar surface area (TPSA) is 58.9 Å². The van der Waals surface area contributed by atoms with E-state index in [-0.39, 0.29) is 12.4 Å². The van der Waals surface area contributed by atoms with Crippen LogP contribution in [0.4, 0.5) is 0 Å². The second kappa shape index (κ2) is 9.65. The van der Waals surface area contributed by atoms with Gasteiger partial charge in [0.05, 0.1) is 5.69 Å². The Kier molecular flexibility index (Phi) is 7.55. The van der Waals surface area contributed by atoms with Gasteiger partial charge in [0.15, 0.2) is 0 Å². The Balaban J connectivity index is 0.00000225. The molecule has 2 unspecified atom stereocenters. The quantitative estimate of drug-likeness (QED) is 0.767. The Hall–Kier alpha value is -1.76. The molecular weight excluding hydrogens is 336 g/mol. The Labute approximate surface area is 155 Å². The first-order valence-corrected chi connectivity index (χ1v) is 8.67. The maximum absolute atomic E-state index is 3.98. The maximum Gasteiger partial charge on any atom is 0.143 e. The number of hydrogen-bond acceptors (Lipinski definition) is 5. The van der Waals surface area contributed by atoms with Gasteiger partial charge in [0.2, 0.25) is 0 Å². The number of rotatable bonds is 7. The summed E-state index contributed by atoms with van der Waals surface area (Å²) in [6.45, 7) is 10.5. The molecule has 1 aliphatic heterocycles. The lowest BCUT2D eigenvalue weighted by Gasteiger charge is -2.34. The smallest absolute Gasteiger partial charge is 0.143 e. The van der Waals surface area contributed by atoms with Crippen LogP contribution in [0.3, 0.4) is 0 Å². The minimum atomic E-state index is 0. The first-order chi connectivity index (χ1) is 11.8. The molecule has 1 aromatic heterocycles. The molecular formula is C18H27ClN6. The molecule has 0 spiro atoms. The Bertz CT molecular complexity index is 639. The molecule has 136 valence electrons.